The Morgan fingerprint density at radius 3 is 2.63 bits per heavy atom. The van der Waals surface area contributed by atoms with Gasteiger partial charge in [-0.15, -0.1) is 0 Å². The number of anilines is 2. The molecule has 1 aromatic heterocycles. The van der Waals surface area contributed by atoms with Gasteiger partial charge in [-0.25, -0.2) is 0 Å². The van der Waals surface area contributed by atoms with E-state index in [1.54, 1.807) is 12.1 Å². The Morgan fingerprint density at radius 2 is 1.83 bits per heavy atom. The van der Waals surface area contributed by atoms with E-state index in [1.165, 1.54) is 0 Å². The number of fused-ring (bicyclic) bond motifs is 2. The molecule has 3 N–H and O–H groups in total. The molecule has 2 amide bonds. The van der Waals surface area contributed by atoms with Gasteiger partial charge in [-0.1, -0.05) is 19.9 Å². The molecule has 2 aromatic carbocycles. The van der Waals surface area contributed by atoms with E-state index in [-0.39, 0.29) is 24.2 Å². The number of amides is 2. The zero-order valence-electron chi connectivity index (χ0n) is 17.0. The SMILES string of the molecule is CC(C)CC(=O)Nc1ccc2c(NC(=O)Cc3ccc4c(c3)OCCO4)n[nH]c2c1. The predicted molar refractivity (Wildman–Crippen MR) is 114 cm³/mol. The van der Waals surface area contributed by atoms with E-state index >= 15 is 0 Å². The van der Waals surface area contributed by atoms with Crippen LogP contribution in [0.15, 0.2) is 36.4 Å². The molecule has 8 nitrogen and oxygen atoms in total. The normalized spacial score (nSPS) is 12.8. The van der Waals surface area contributed by atoms with Gasteiger partial charge in [-0.2, -0.15) is 5.10 Å². The predicted octanol–water partition coefficient (Wildman–Crippen LogP) is 3.50. The third-order valence-electron chi connectivity index (χ3n) is 4.67. The zero-order valence-corrected chi connectivity index (χ0v) is 17.0. The van der Waals surface area contributed by atoms with E-state index in [1.807, 2.05) is 38.1 Å². The molecule has 3 aromatic rings. The molecule has 0 saturated carbocycles. The summed E-state index contributed by atoms with van der Waals surface area (Å²) < 4.78 is 11.1. The molecular formula is C22H24N4O4. The maximum atomic E-state index is 12.5. The van der Waals surface area contributed by atoms with Crippen LogP contribution in [0.4, 0.5) is 11.5 Å². The maximum absolute atomic E-state index is 12.5. The topological polar surface area (TPSA) is 105 Å². The highest BCUT2D eigenvalue weighted by molar-refractivity contribution is 6.02. The molecule has 0 radical (unpaired) electrons. The van der Waals surface area contributed by atoms with E-state index in [9.17, 15) is 9.59 Å². The fourth-order valence-electron chi connectivity index (χ4n) is 3.33. The minimum atomic E-state index is -0.186. The highest BCUT2D eigenvalue weighted by Gasteiger charge is 2.15. The molecule has 0 aliphatic carbocycles. The Bertz CT molecular complexity index is 1090. The van der Waals surface area contributed by atoms with Crippen LogP contribution in [0.1, 0.15) is 25.8 Å². The van der Waals surface area contributed by atoms with Gasteiger partial charge in [0.05, 0.1) is 11.9 Å². The van der Waals surface area contributed by atoms with Crippen molar-refractivity contribution in [1.29, 1.82) is 0 Å². The van der Waals surface area contributed by atoms with E-state index in [2.05, 4.69) is 20.8 Å². The molecule has 2 heterocycles. The Hall–Kier alpha value is -3.55. The molecule has 0 bridgehead atoms. The van der Waals surface area contributed by atoms with Crippen molar-refractivity contribution in [3.8, 4) is 11.5 Å². The molecule has 0 atom stereocenters. The second kappa shape index (κ2) is 8.44. The average molecular weight is 408 g/mol. The Labute approximate surface area is 173 Å². The molecule has 1 aliphatic heterocycles. The summed E-state index contributed by atoms with van der Waals surface area (Å²) in [6.45, 7) is 5.03. The summed E-state index contributed by atoms with van der Waals surface area (Å²) in [6.07, 6.45) is 0.649. The Kier molecular flexibility index (Phi) is 5.56. The van der Waals surface area contributed by atoms with Gasteiger partial charge in [0.2, 0.25) is 11.8 Å². The first-order chi connectivity index (χ1) is 14.5. The lowest BCUT2D eigenvalue weighted by molar-refractivity contribution is -0.117. The zero-order chi connectivity index (χ0) is 21.1. The summed E-state index contributed by atoms with van der Waals surface area (Å²) in [5.41, 5.74) is 2.24. The van der Waals surface area contributed by atoms with Crippen molar-refractivity contribution in [3.63, 3.8) is 0 Å². The van der Waals surface area contributed by atoms with Crippen LogP contribution in [-0.2, 0) is 16.0 Å². The number of ether oxygens (including phenoxy) is 2. The van der Waals surface area contributed by atoms with E-state index in [0.717, 1.165) is 16.5 Å². The fourth-order valence-corrected chi connectivity index (χ4v) is 3.33. The number of aromatic nitrogens is 2. The minimum Gasteiger partial charge on any atom is -0.486 e. The standard InChI is InChI=1S/C22H24N4O4/c1-13(2)9-20(27)23-15-4-5-16-17(12-15)25-26-22(16)24-21(28)11-14-3-6-18-19(10-14)30-8-7-29-18/h3-6,10,12-13H,7-9,11H2,1-2H3,(H,23,27)(H2,24,25,26,28). The second-order valence-electron chi connectivity index (χ2n) is 7.68. The van der Waals surface area contributed by atoms with Crippen molar-refractivity contribution in [2.75, 3.05) is 23.8 Å². The van der Waals surface area contributed by atoms with E-state index in [4.69, 9.17) is 9.47 Å². The van der Waals surface area contributed by atoms with Gasteiger partial charge in [0, 0.05) is 17.5 Å². The fraction of sp³-hybridized carbons (Fsp3) is 0.318. The first-order valence-corrected chi connectivity index (χ1v) is 9.94. The van der Waals surface area contributed by atoms with Crippen LogP contribution in [0.5, 0.6) is 11.5 Å². The van der Waals surface area contributed by atoms with Crippen molar-refractivity contribution in [3.05, 3.63) is 42.0 Å². The first-order valence-electron chi connectivity index (χ1n) is 9.94. The van der Waals surface area contributed by atoms with Gasteiger partial charge in [-0.3, -0.25) is 14.7 Å². The summed E-state index contributed by atoms with van der Waals surface area (Å²) in [6, 6.07) is 10.9. The van der Waals surface area contributed by atoms with Crippen LogP contribution >= 0.6 is 0 Å². The average Bonchev–Trinajstić information content (AvgIpc) is 3.09. The summed E-state index contributed by atoms with van der Waals surface area (Å²) in [7, 11) is 0. The summed E-state index contributed by atoms with van der Waals surface area (Å²) in [5, 5.41) is 13.6. The van der Waals surface area contributed by atoms with Gasteiger partial charge in [0.1, 0.15) is 13.2 Å². The minimum absolute atomic E-state index is 0.0307. The molecule has 8 heteroatoms. The molecule has 0 spiro atoms. The molecule has 156 valence electrons. The molecule has 0 fully saturated rings. The van der Waals surface area contributed by atoms with Gasteiger partial charge < -0.3 is 20.1 Å². The largest absolute Gasteiger partial charge is 0.486 e. The lowest BCUT2D eigenvalue weighted by Gasteiger charge is -2.18. The highest BCUT2D eigenvalue weighted by Crippen LogP contribution is 2.31. The highest BCUT2D eigenvalue weighted by atomic mass is 16.6. The van der Waals surface area contributed by atoms with Gasteiger partial charge >= 0.3 is 0 Å². The van der Waals surface area contributed by atoms with Gasteiger partial charge in [0.25, 0.3) is 0 Å². The van der Waals surface area contributed by atoms with Crippen molar-refractivity contribution in [2.45, 2.75) is 26.7 Å². The van der Waals surface area contributed by atoms with E-state index < -0.39 is 0 Å². The molecule has 30 heavy (non-hydrogen) atoms. The number of aromatic amines is 1. The van der Waals surface area contributed by atoms with Crippen LogP contribution in [0.2, 0.25) is 0 Å². The van der Waals surface area contributed by atoms with Crippen LogP contribution in [0, 0.1) is 5.92 Å². The number of nitrogens with zero attached hydrogens (tertiary/aromatic N) is 1. The van der Waals surface area contributed by atoms with Crippen LogP contribution in [0.3, 0.4) is 0 Å². The second-order valence-corrected chi connectivity index (χ2v) is 7.68. The number of carbonyl (C=O) groups is 2. The van der Waals surface area contributed by atoms with Crippen LogP contribution in [0.25, 0.3) is 10.9 Å². The number of hydrogen-bond donors (Lipinski definition) is 3. The lowest BCUT2D eigenvalue weighted by Crippen LogP contribution is -2.17. The summed E-state index contributed by atoms with van der Waals surface area (Å²) >= 11 is 0. The number of hydrogen-bond acceptors (Lipinski definition) is 5. The number of benzene rings is 2. The monoisotopic (exact) mass is 408 g/mol. The number of H-pyrrole nitrogens is 1. The molecular weight excluding hydrogens is 384 g/mol. The third-order valence-corrected chi connectivity index (χ3v) is 4.67. The van der Waals surface area contributed by atoms with Crippen LogP contribution < -0.4 is 20.1 Å². The Balaban J connectivity index is 1.42. The first kappa shape index (κ1) is 19.8. The van der Waals surface area contributed by atoms with Crippen LogP contribution in [-0.4, -0.2) is 35.2 Å². The van der Waals surface area contributed by atoms with Crippen molar-refractivity contribution in [2.24, 2.45) is 5.92 Å². The van der Waals surface area contributed by atoms with Crippen molar-refractivity contribution < 1.29 is 19.1 Å². The number of carbonyl (C=O) groups excluding carboxylic acids is 2. The molecule has 4 rings (SSSR count). The van der Waals surface area contributed by atoms with E-state index in [0.29, 0.717) is 42.6 Å². The molecule has 0 unspecified atom stereocenters. The maximum Gasteiger partial charge on any atom is 0.230 e. The van der Waals surface area contributed by atoms with Gasteiger partial charge in [-0.05, 0) is 41.8 Å². The summed E-state index contributed by atoms with van der Waals surface area (Å²) in [4.78, 5) is 24.5. The van der Waals surface area contributed by atoms with Gasteiger partial charge in [0.15, 0.2) is 17.3 Å². The molecule has 0 saturated heterocycles. The van der Waals surface area contributed by atoms with Crippen molar-refractivity contribution in [1.82, 2.24) is 10.2 Å². The quantitative estimate of drug-likeness (QED) is 0.579. The number of rotatable bonds is 6. The summed E-state index contributed by atoms with van der Waals surface area (Å²) in [5.74, 6) is 1.87. The van der Waals surface area contributed by atoms with Crippen molar-refractivity contribution >= 4 is 34.2 Å². The smallest absolute Gasteiger partial charge is 0.230 e. The molecule has 1 aliphatic rings. The Morgan fingerprint density at radius 1 is 1.03 bits per heavy atom. The third kappa shape index (κ3) is 4.53. The number of nitrogens with one attached hydrogen (secondary N) is 3. The lowest BCUT2D eigenvalue weighted by atomic mass is 10.1.